The van der Waals surface area contributed by atoms with Crippen LogP contribution in [0, 0.1) is 0 Å². The van der Waals surface area contributed by atoms with Crippen molar-refractivity contribution in [2.24, 2.45) is 0 Å². The van der Waals surface area contributed by atoms with Crippen LogP contribution < -0.4 is 14.8 Å². The Bertz CT molecular complexity index is 1340. The first-order valence-electron chi connectivity index (χ1n) is 11.6. The first kappa shape index (κ1) is 26.3. The standard InChI is InChI=1S/C28H25ClN2O5S/c1-3-18-6-11-22(12-7-18)30-26(32)16-31-27(33)25(37-28(31)34)15-20-8-13-23(24(14-20)35-2)36-17-19-4-9-21(29)10-5-19/h4-15H,3,16-17H2,1-2H3,(H,30,32)/b25-15+. The Hall–Kier alpha value is -3.75. The van der Waals surface area contributed by atoms with Crippen molar-refractivity contribution in [1.82, 2.24) is 4.90 Å². The molecule has 3 amide bonds. The Morgan fingerprint density at radius 3 is 2.38 bits per heavy atom. The van der Waals surface area contributed by atoms with Gasteiger partial charge >= 0.3 is 0 Å². The van der Waals surface area contributed by atoms with E-state index in [2.05, 4.69) is 5.32 Å². The topological polar surface area (TPSA) is 84.9 Å². The number of methoxy groups -OCH3 is 1. The van der Waals surface area contributed by atoms with Crippen LogP contribution >= 0.6 is 23.4 Å². The predicted molar refractivity (Wildman–Crippen MR) is 146 cm³/mol. The van der Waals surface area contributed by atoms with Gasteiger partial charge in [0.1, 0.15) is 13.2 Å². The number of carbonyl (C=O) groups excluding carboxylic acids is 3. The van der Waals surface area contributed by atoms with Crippen LogP contribution in [0.4, 0.5) is 10.5 Å². The molecule has 1 fully saturated rings. The van der Waals surface area contributed by atoms with Crippen molar-refractivity contribution in [3.05, 3.63) is 93.3 Å². The van der Waals surface area contributed by atoms with E-state index in [1.807, 2.05) is 31.2 Å². The van der Waals surface area contributed by atoms with E-state index in [1.54, 1.807) is 48.5 Å². The van der Waals surface area contributed by atoms with Crippen LogP contribution in [0.2, 0.25) is 5.02 Å². The molecule has 0 aliphatic carbocycles. The quantitative estimate of drug-likeness (QED) is 0.329. The van der Waals surface area contributed by atoms with Gasteiger partial charge in [0, 0.05) is 10.7 Å². The molecule has 9 heteroatoms. The molecule has 3 aromatic carbocycles. The van der Waals surface area contributed by atoms with E-state index in [0.717, 1.165) is 34.2 Å². The molecule has 1 N–H and O–H groups in total. The molecule has 0 spiro atoms. The van der Waals surface area contributed by atoms with Crippen LogP contribution in [0.25, 0.3) is 6.08 Å². The Kier molecular flexibility index (Phi) is 8.53. The molecule has 7 nitrogen and oxygen atoms in total. The van der Waals surface area contributed by atoms with E-state index in [-0.39, 0.29) is 11.4 Å². The number of hydrogen-bond acceptors (Lipinski definition) is 6. The minimum absolute atomic E-state index is 0.224. The number of rotatable bonds is 9. The molecule has 0 atom stereocenters. The number of hydrogen-bond donors (Lipinski definition) is 1. The highest BCUT2D eigenvalue weighted by atomic mass is 35.5. The third kappa shape index (κ3) is 6.72. The number of anilines is 1. The van der Waals surface area contributed by atoms with Gasteiger partial charge in [-0.05, 0) is 77.3 Å². The Morgan fingerprint density at radius 1 is 1.00 bits per heavy atom. The summed E-state index contributed by atoms with van der Waals surface area (Å²) in [7, 11) is 1.52. The number of nitrogens with one attached hydrogen (secondary N) is 1. The maximum absolute atomic E-state index is 12.9. The zero-order valence-electron chi connectivity index (χ0n) is 20.3. The van der Waals surface area contributed by atoms with Crippen LogP contribution in [0.3, 0.4) is 0 Å². The minimum Gasteiger partial charge on any atom is -0.493 e. The van der Waals surface area contributed by atoms with Crippen molar-refractivity contribution in [2.45, 2.75) is 20.0 Å². The van der Waals surface area contributed by atoms with Crippen molar-refractivity contribution in [2.75, 3.05) is 19.0 Å². The summed E-state index contributed by atoms with van der Waals surface area (Å²) >= 11 is 6.71. The second-order valence-corrected chi connectivity index (χ2v) is 9.62. The van der Waals surface area contributed by atoms with Crippen LogP contribution in [0.15, 0.2) is 71.6 Å². The van der Waals surface area contributed by atoms with E-state index < -0.39 is 17.1 Å². The first-order chi connectivity index (χ1) is 17.9. The summed E-state index contributed by atoms with van der Waals surface area (Å²) in [6, 6.07) is 20.0. The fraction of sp³-hybridized carbons (Fsp3) is 0.179. The van der Waals surface area contributed by atoms with E-state index >= 15 is 0 Å². The number of aryl methyl sites for hydroxylation is 1. The molecule has 1 heterocycles. The Balaban J connectivity index is 1.40. The van der Waals surface area contributed by atoms with Crippen molar-refractivity contribution >= 4 is 52.2 Å². The Labute approximate surface area is 224 Å². The third-order valence-electron chi connectivity index (χ3n) is 5.61. The van der Waals surface area contributed by atoms with Crippen molar-refractivity contribution in [3.63, 3.8) is 0 Å². The highest BCUT2D eigenvalue weighted by Crippen LogP contribution is 2.34. The molecule has 1 saturated heterocycles. The van der Waals surface area contributed by atoms with Gasteiger partial charge < -0.3 is 14.8 Å². The zero-order chi connectivity index (χ0) is 26.4. The molecular weight excluding hydrogens is 512 g/mol. The number of halogens is 1. The number of imide groups is 1. The normalized spacial score (nSPS) is 14.2. The van der Waals surface area contributed by atoms with Gasteiger partial charge in [-0.1, -0.05) is 48.9 Å². The number of nitrogens with zero attached hydrogens (tertiary/aromatic N) is 1. The van der Waals surface area contributed by atoms with E-state index in [1.165, 1.54) is 7.11 Å². The van der Waals surface area contributed by atoms with Crippen LogP contribution in [0.5, 0.6) is 11.5 Å². The average Bonchev–Trinajstić information content (AvgIpc) is 3.16. The molecule has 37 heavy (non-hydrogen) atoms. The molecule has 0 unspecified atom stereocenters. The monoisotopic (exact) mass is 536 g/mol. The summed E-state index contributed by atoms with van der Waals surface area (Å²) in [6.07, 6.45) is 2.49. The van der Waals surface area contributed by atoms with Gasteiger partial charge in [-0.15, -0.1) is 0 Å². The fourth-order valence-electron chi connectivity index (χ4n) is 3.59. The van der Waals surface area contributed by atoms with Crippen LogP contribution in [-0.2, 0) is 22.6 Å². The minimum atomic E-state index is -0.520. The molecule has 3 aromatic rings. The molecular formula is C28H25ClN2O5S. The lowest BCUT2D eigenvalue weighted by molar-refractivity contribution is -0.127. The van der Waals surface area contributed by atoms with Gasteiger partial charge in [-0.25, -0.2) is 0 Å². The summed E-state index contributed by atoms with van der Waals surface area (Å²) < 4.78 is 11.3. The number of thioether (sulfide) groups is 1. The van der Waals surface area contributed by atoms with Crippen LogP contribution in [-0.4, -0.2) is 35.6 Å². The van der Waals surface area contributed by atoms with Gasteiger partial charge in [-0.2, -0.15) is 0 Å². The number of ether oxygens (including phenoxy) is 2. The van der Waals surface area contributed by atoms with E-state index in [0.29, 0.717) is 34.4 Å². The van der Waals surface area contributed by atoms with Gasteiger partial charge in [0.25, 0.3) is 11.1 Å². The number of carbonyl (C=O) groups is 3. The van der Waals surface area contributed by atoms with Crippen molar-refractivity contribution < 1.29 is 23.9 Å². The predicted octanol–water partition coefficient (Wildman–Crippen LogP) is 6.17. The maximum atomic E-state index is 12.9. The van der Waals surface area contributed by atoms with Crippen molar-refractivity contribution in [3.8, 4) is 11.5 Å². The second kappa shape index (κ2) is 12.0. The lowest BCUT2D eigenvalue weighted by Crippen LogP contribution is -2.36. The summed E-state index contributed by atoms with van der Waals surface area (Å²) in [5, 5.41) is 2.88. The summed E-state index contributed by atoms with van der Waals surface area (Å²) in [6.45, 7) is 2.01. The first-order valence-corrected chi connectivity index (χ1v) is 12.7. The Morgan fingerprint density at radius 2 is 1.70 bits per heavy atom. The SMILES string of the molecule is CCc1ccc(NC(=O)CN2C(=O)S/C(=C/c3ccc(OCc4ccc(Cl)cc4)c(OC)c3)C2=O)cc1. The lowest BCUT2D eigenvalue weighted by atomic mass is 10.1. The third-order valence-corrected chi connectivity index (χ3v) is 6.77. The smallest absolute Gasteiger partial charge is 0.294 e. The molecule has 0 saturated carbocycles. The molecule has 1 aliphatic rings. The zero-order valence-corrected chi connectivity index (χ0v) is 21.9. The molecule has 0 bridgehead atoms. The fourth-order valence-corrected chi connectivity index (χ4v) is 4.55. The lowest BCUT2D eigenvalue weighted by Gasteiger charge is -2.13. The maximum Gasteiger partial charge on any atom is 0.294 e. The van der Waals surface area contributed by atoms with E-state index in [9.17, 15) is 14.4 Å². The van der Waals surface area contributed by atoms with Crippen molar-refractivity contribution in [1.29, 1.82) is 0 Å². The molecule has 0 aromatic heterocycles. The number of amides is 3. The number of benzene rings is 3. The summed E-state index contributed by atoms with van der Waals surface area (Å²) in [4.78, 5) is 39.0. The molecule has 0 radical (unpaired) electrons. The summed E-state index contributed by atoms with van der Waals surface area (Å²) in [5.74, 6) is 0.0481. The van der Waals surface area contributed by atoms with Gasteiger partial charge in [0.2, 0.25) is 5.91 Å². The highest BCUT2D eigenvalue weighted by Gasteiger charge is 2.36. The summed E-state index contributed by atoms with van der Waals surface area (Å²) in [5.41, 5.74) is 3.36. The molecule has 4 rings (SSSR count). The van der Waals surface area contributed by atoms with E-state index in [4.69, 9.17) is 21.1 Å². The largest absolute Gasteiger partial charge is 0.493 e. The van der Waals surface area contributed by atoms with Gasteiger partial charge in [0.15, 0.2) is 11.5 Å². The molecule has 1 aliphatic heterocycles. The second-order valence-electron chi connectivity index (χ2n) is 8.19. The average molecular weight is 537 g/mol. The van der Waals surface area contributed by atoms with Gasteiger partial charge in [-0.3, -0.25) is 19.3 Å². The van der Waals surface area contributed by atoms with Crippen LogP contribution in [0.1, 0.15) is 23.6 Å². The van der Waals surface area contributed by atoms with Gasteiger partial charge in [0.05, 0.1) is 12.0 Å². The molecule has 190 valence electrons. The highest BCUT2D eigenvalue weighted by molar-refractivity contribution is 8.18.